The fourth-order valence-corrected chi connectivity index (χ4v) is 1.93. The third kappa shape index (κ3) is 4.58. The molecule has 0 atom stereocenters. The van der Waals surface area contributed by atoms with Crippen molar-refractivity contribution < 1.29 is 9.66 Å². The number of hydrogen-bond acceptors (Lipinski definition) is 8. The molecule has 0 fully saturated rings. The number of pyridine rings is 1. The zero-order valence-electron chi connectivity index (χ0n) is 12.9. The van der Waals surface area contributed by atoms with E-state index in [1.54, 1.807) is 13.2 Å². The second-order valence-corrected chi connectivity index (χ2v) is 4.74. The molecular formula is C14H18N6O3. The van der Waals surface area contributed by atoms with E-state index < -0.39 is 4.92 Å². The van der Waals surface area contributed by atoms with E-state index in [1.807, 2.05) is 19.1 Å². The van der Waals surface area contributed by atoms with Crippen LogP contribution in [0.5, 0.6) is 0 Å². The van der Waals surface area contributed by atoms with E-state index in [4.69, 9.17) is 4.74 Å². The van der Waals surface area contributed by atoms with Crippen molar-refractivity contribution in [2.75, 3.05) is 30.9 Å². The molecule has 2 aromatic heterocycles. The molecular weight excluding hydrogens is 300 g/mol. The standard InChI is InChI=1S/C14H18N6O3/c1-10-5-3-6-11(18-10)19-14-12(20(21)22)13(16-9-17-14)15-7-4-8-23-2/h3,5-6,9H,4,7-8H2,1-2H3,(H2,15,16,17,18,19). The van der Waals surface area contributed by atoms with Gasteiger partial charge in [-0.3, -0.25) is 10.1 Å². The first-order chi connectivity index (χ1) is 11.1. The van der Waals surface area contributed by atoms with Crippen LogP contribution in [0, 0.1) is 17.0 Å². The van der Waals surface area contributed by atoms with Gasteiger partial charge in [0.25, 0.3) is 0 Å². The van der Waals surface area contributed by atoms with Crippen LogP contribution < -0.4 is 10.6 Å². The van der Waals surface area contributed by atoms with E-state index in [9.17, 15) is 10.1 Å². The van der Waals surface area contributed by atoms with Crippen LogP contribution in [0.3, 0.4) is 0 Å². The topological polar surface area (TPSA) is 115 Å². The molecule has 122 valence electrons. The predicted octanol–water partition coefficient (Wildman–Crippen LogP) is 2.28. The van der Waals surface area contributed by atoms with E-state index in [-0.39, 0.29) is 17.3 Å². The molecule has 0 aliphatic carbocycles. The normalized spacial score (nSPS) is 10.3. The van der Waals surface area contributed by atoms with Crippen molar-refractivity contribution in [3.8, 4) is 0 Å². The highest BCUT2D eigenvalue weighted by Crippen LogP contribution is 2.30. The Hall–Kier alpha value is -2.81. The van der Waals surface area contributed by atoms with E-state index in [0.717, 1.165) is 5.69 Å². The van der Waals surface area contributed by atoms with Crippen molar-refractivity contribution in [1.29, 1.82) is 0 Å². The summed E-state index contributed by atoms with van der Waals surface area (Å²) in [5.74, 6) is 0.741. The molecule has 9 nitrogen and oxygen atoms in total. The maximum atomic E-state index is 11.4. The van der Waals surface area contributed by atoms with Crippen molar-refractivity contribution in [2.45, 2.75) is 13.3 Å². The van der Waals surface area contributed by atoms with E-state index in [1.165, 1.54) is 6.33 Å². The molecule has 0 amide bonds. The van der Waals surface area contributed by atoms with Crippen molar-refractivity contribution in [1.82, 2.24) is 15.0 Å². The number of hydrogen-bond donors (Lipinski definition) is 2. The monoisotopic (exact) mass is 318 g/mol. The van der Waals surface area contributed by atoms with Gasteiger partial charge in [0.15, 0.2) is 0 Å². The molecule has 0 radical (unpaired) electrons. The quantitative estimate of drug-likeness (QED) is 0.433. The molecule has 9 heteroatoms. The van der Waals surface area contributed by atoms with Crippen LogP contribution in [0.15, 0.2) is 24.5 Å². The van der Waals surface area contributed by atoms with Gasteiger partial charge in [0, 0.05) is 26.0 Å². The number of nitrogens with one attached hydrogen (secondary N) is 2. The van der Waals surface area contributed by atoms with Gasteiger partial charge in [-0.2, -0.15) is 0 Å². The lowest BCUT2D eigenvalue weighted by atomic mass is 10.3. The van der Waals surface area contributed by atoms with Crippen LogP contribution >= 0.6 is 0 Å². The minimum atomic E-state index is -0.517. The Morgan fingerprint density at radius 3 is 2.78 bits per heavy atom. The Morgan fingerprint density at radius 2 is 2.09 bits per heavy atom. The van der Waals surface area contributed by atoms with Gasteiger partial charge in [-0.25, -0.2) is 15.0 Å². The van der Waals surface area contributed by atoms with Gasteiger partial charge in [-0.15, -0.1) is 0 Å². The number of nitrogens with zero attached hydrogens (tertiary/aromatic N) is 4. The molecule has 0 bridgehead atoms. The van der Waals surface area contributed by atoms with Gasteiger partial charge in [0.05, 0.1) is 4.92 Å². The van der Waals surface area contributed by atoms with Gasteiger partial charge < -0.3 is 15.4 Å². The Balaban J connectivity index is 2.23. The molecule has 0 spiro atoms. The second-order valence-electron chi connectivity index (χ2n) is 4.74. The van der Waals surface area contributed by atoms with Crippen LogP contribution in [-0.2, 0) is 4.74 Å². The number of ether oxygens (including phenoxy) is 1. The fraction of sp³-hybridized carbons (Fsp3) is 0.357. The van der Waals surface area contributed by atoms with E-state index in [0.29, 0.717) is 25.4 Å². The fourth-order valence-electron chi connectivity index (χ4n) is 1.93. The zero-order valence-corrected chi connectivity index (χ0v) is 12.9. The summed E-state index contributed by atoms with van der Waals surface area (Å²) in [6, 6.07) is 5.36. The third-order valence-electron chi connectivity index (χ3n) is 2.96. The molecule has 0 aromatic carbocycles. The van der Waals surface area contributed by atoms with E-state index >= 15 is 0 Å². The number of methoxy groups -OCH3 is 1. The lowest BCUT2D eigenvalue weighted by Crippen LogP contribution is -2.10. The molecule has 2 N–H and O–H groups in total. The minimum absolute atomic E-state index is 0.0948. The summed E-state index contributed by atoms with van der Waals surface area (Å²) < 4.78 is 4.94. The molecule has 0 unspecified atom stereocenters. The first kappa shape index (κ1) is 16.6. The average Bonchev–Trinajstić information content (AvgIpc) is 2.51. The highest BCUT2D eigenvalue weighted by molar-refractivity contribution is 5.72. The van der Waals surface area contributed by atoms with E-state index in [2.05, 4.69) is 25.6 Å². The number of anilines is 3. The van der Waals surface area contributed by atoms with Gasteiger partial charge in [-0.1, -0.05) is 6.07 Å². The number of aromatic nitrogens is 3. The summed E-state index contributed by atoms with van der Waals surface area (Å²) in [5.41, 5.74) is 0.581. The van der Waals surface area contributed by atoms with Gasteiger partial charge in [0.1, 0.15) is 12.1 Å². The lowest BCUT2D eigenvalue weighted by molar-refractivity contribution is -0.383. The number of aryl methyl sites for hydroxylation is 1. The zero-order chi connectivity index (χ0) is 16.7. The molecule has 2 heterocycles. The maximum absolute atomic E-state index is 11.4. The van der Waals surface area contributed by atoms with Gasteiger partial charge in [-0.05, 0) is 25.5 Å². The van der Waals surface area contributed by atoms with Crippen LogP contribution in [0.25, 0.3) is 0 Å². The largest absolute Gasteiger partial charge is 0.385 e. The molecule has 0 aliphatic heterocycles. The van der Waals surface area contributed by atoms with Crippen LogP contribution in [-0.4, -0.2) is 40.1 Å². The molecule has 0 saturated carbocycles. The van der Waals surface area contributed by atoms with Crippen LogP contribution in [0.2, 0.25) is 0 Å². The first-order valence-corrected chi connectivity index (χ1v) is 7.04. The third-order valence-corrected chi connectivity index (χ3v) is 2.96. The molecule has 2 aromatic rings. The molecule has 0 saturated heterocycles. The summed E-state index contributed by atoms with van der Waals surface area (Å²) >= 11 is 0. The predicted molar refractivity (Wildman–Crippen MR) is 85.9 cm³/mol. The maximum Gasteiger partial charge on any atom is 0.353 e. The van der Waals surface area contributed by atoms with Crippen LogP contribution in [0.1, 0.15) is 12.1 Å². The van der Waals surface area contributed by atoms with Crippen molar-refractivity contribution in [3.05, 3.63) is 40.3 Å². The van der Waals surface area contributed by atoms with Gasteiger partial charge in [0.2, 0.25) is 11.6 Å². The Kier molecular flexibility index (Phi) is 5.75. The highest BCUT2D eigenvalue weighted by atomic mass is 16.6. The summed E-state index contributed by atoms with van der Waals surface area (Å²) in [6.45, 7) is 2.90. The Labute approximate surface area is 133 Å². The SMILES string of the molecule is COCCCNc1ncnc(Nc2cccc(C)n2)c1[N+](=O)[O-]. The summed E-state index contributed by atoms with van der Waals surface area (Å²) in [4.78, 5) is 23.0. The second kappa shape index (κ2) is 7.99. The Bertz CT molecular complexity index is 679. The van der Waals surface area contributed by atoms with Crippen LogP contribution in [0.4, 0.5) is 23.1 Å². The smallest absolute Gasteiger partial charge is 0.353 e. The average molecular weight is 318 g/mol. The van der Waals surface area contributed by atoms with Crippen molar-refractivity contribution in [3.63, 3.8) is 0 Å². The molecule has 23 heavy (non-hydrogen) atoms. The minimum Gasteiger partial charge on any atom is -0.385 e. The molecule has 0 aliphatic rings. The lowest BCUT2D eigenvalue weighted by Gasteiger charge is -2.09. The van der Waals surface area contributed by atoms with Gasteiger partial charge >= 0.3 is 5.69 Å². The summed E-state index contributed by atoms with van der Waals surface area (Å²) in [7, 11) is 1.60. The molecule has 2 rings (SSSR count). The number of nitro groups is 1. The summed E-state index contributed by atoms with van der Waals surface area (Å²) in [5, 5.41) is 17.2. The Morgan fingerprint density at radius 1 is 1.30 bits per heavy atom. The summed E-state index contributed by atoms with van der Waals surface area (Å²) in [6.07, 6.45) is 1.98. The highest BCUT2D eigenvalue weighted by Gasteiger charge is 2.23. The van der Waals surface area contributed by atoms with Crippen molar-refractivity contribution >= 4 is 23.1 Å². The van der Waals surface area contributed by atoms with Crippen molar-refractivity contribution in [2.24, 2.45) is 0 Å². The first-order valence-electron chi connectivity index (χ1n) is 7.04. The number of rotatable bonds is 8.